The van der Waals surface area contributed by atoms with Gasteiger partial charge in [-0.25, -0.2) is 21.6 Å². The van der Waals surface area contributed by atoms with Gasteiger partial charge in [0.1, 0.15) is 11.6 Å². The molecule has 0 saturated heterocycles. The summed E-state index contributed by atoms with van der Waals surface area (Å²) in [6.45, 7) is 0.0954. The van der Waals surface area contributed by atoms with E-state index in [4.69, 9.17) is 4.42 Å². The number of sulfonamides is 2. The monoisotopic (exact) mass is 488 g/mol. The number of fused-ring (bicyclic) bond motifs is 1. The summed E-state index contributed by atoms with van der Waals surface area (Å²) in [5.74, 6) is 0.343. The van der Waals surface area contributed by atoms with Crippen LogP contribution in [-0.2, 0) is 31.4 Å². The lowest BCUT2D eigenvalue weighted by atomic mass is 10.2. The first-order valence-electron chi connectivity index (χ1n) is 9.83. The minimum absolute atomic E-state index is 0.0121. The van der Waals surface area contributed by atoms with Gasteiger partial charge in [-0.3, -0.25) is 14.5 Å². The number of rotatable bonds is 8. The smallest absolute Gasteiger partial charge is 0.263 e. The van der Waals surface area contributed by atoms with E-state index >= 15 is 0 Å². The molecule has 1 amide bonds. The largest absolute Gasteiger partial charge is 0.468 e. The van der Waals surface area contributed by atoms with Gasteiger partial charge in [-0.2, -0.15) is 0 Å². The lowest BCUT2D eigenvalue weighted by Gasteiger charge is -2.08. The summed E-state index contributed by atoms with van der Waals surface area (Å²) in [4.78, 5) is 16.6. The van der Waals surface area contributed by atoms with Crippen molar-refractivity contribution >= 4 is 37.5 Å². The normalized spacial score (nSPS) is 15.7. The van der Waals surface area contributed by atoms with Crippen LogP contribution in [0.2, 0.25) is 0 Å². The van der Waals surface area contributed by atoms with Crippen molar-refractivity contribution in [1.29, 1.82) is 0 Å². The van der Waals surface area contributed by atoms with E-state index in [0.29, 0.717) is 17.0 Å². The van der Waals surface area contributed by atoms with E-state index in [1.54, 1.807) is 30.3 Å². The Morgan fingerprint density at radius 3 is 2.52 bits per heavy atom. The highest BCUT2D eigenvalue weighted by Gasteiger charge is 2.29. The quantitative estimate of drug-likeness (QED) is 0.441. The molecule has 0 atom stereocenters. The Balaban J connectivity index is 1.32. The van der Waals surface area contributed by atoms with Gasteiger partial charge in [0, 0.05) is 17.7 Å². The Hall–Kier alpha value is -3.48. The fraction of sp³-hybridized carbons (Fsp3) is 0.143. The molecule has 0 spiro atoms. The molecule has 12 heteroatoms. The Kier molecular flexibility index (Phi) is 6.31. The van der Waals surface area contributed by atoms with Gasteiger partial charge in [-0.05, 0) is 48.5 Å². The Morgan fingerprint density at radius 1 is 1.03 bits per heavy atom. The molecule has 0 fully saturated rings. The maximum Gasteiger partial charge on any atom is 0.263 e. The number of carbonyl (C=O) groups is 1. The second kappa shape index (κ2) is 9.17. The van der Waals surface area contributed by atoms with Crippen molar-refractivity contribution in [2.24, 2.45) is 4.99 Å². The van der Waals surface area contributed by atoms with Gasteiger partial charge in [0.2, 0.25) is 15.9 Å². The number of amidine groups is 1. The second-order valence-electron chi connectivity index (χ2n) is 7.06. The fourth-order valence-corrected chi connectivity index (χ4v) is 5.37. The highest BCUT2D eigenvalue weighted by Crippen LogP contribution is 2.22. The topological polar surface area (TPSA) is 147 Å². The van der Waals surface area contributed by atoms with Crippen molar-refractivity contribution in [3.63, 3.8) is 0 Å². The third kappa shape index (κ3) is 5.30. The summed E-state index contributed by atoms with van der Waals surface area (Å²) in [7, 11) is -7.36. The molecule has 172 valence electrons. The highest BCUT2D eigenvalue weighted by molar-refractivity contribution is 7.90. The van der Waals surface area contributed by atoms with Crippen LogP contribution in [0.5, 0.6) is 0 Å². The van der Waals surface area contributed by atoms with Crippen LogP contribution in [0.25, 0.3) is 0 Å². The number of carbonyl (C=O) groups excluding carboxylic acids is 1. The van der Waals surface area contributed by atoms with Crippen LogP contribution in [0.1, 0.15) is 17.7 Å². The van der Waals surface area contributed by atoms with Gasteiger partial charge in [0.05, 0.1) is 29.1 Å². The van der Waals surface area contributed by atoms with E-state index in [2.05, 4.69) is 19.8 Å². The maximum absolute atomic E-state index is 12.4. The second-order valence-corrected chi connectivity index (χ2v) is 10.5. The Labute approximate surface area is 190 Å². The van der Waals surface area contributed by atoms with Crippen LogP contribution in [0.3, 0.4) is 0 Å². The standard InChI is InChI=1S/C21H20N4O6S2/c26-20(11-12-22-21-18-5-1-2-6-19(18)33(29,30)25-21)24-15-7-9-17(10-8-15)32(27,28)23-14-16-4-3-13-31-16/h1-10,13,23H,11-12,14H2,(H,22,25)(H,24,26). The zero-order chi connectivity index (χ0) is 23.5. The summed E-state index contributed by atoms with van der Waals surface area (Å²) < 4.78 is 58.8. The third-order valence-electron chi connectivity index (χ3n) is 4.74. The van der Waals surface area contributed by atoms with Gasteiger partial charge in [0.15, 0.2) is 0 Å². The van der Waals surface area contributed by atoms with E-state index in [-0.39, 0.29) is 41.0 Å². The minimum atomic E-state index is -3.74. The van der Waals surface area contributed by atoms with Crippen LogP contribution < -0.4 is 14.8 Å². The number of furan rings is 1. The summed E-state index contributed by atoms with van der Waals surface area (Å²) in [5.41, 5.74) is 0.889. The number of benzene rings is 2. The first kappa shape index (κ1) is 22.7. The first-order valence-corrected chi connectivity index (χ1v) is 12.8. The van der Waals surface area contributed by atoms with E-state index < -0.39 is 20.0 Å². The average Bonchev–Trinajstić information content (AvgIpc) is 3.39. The molecule has 0 radical (unpaired) electrons. The molecule has 1 aromatic heterocycles. The molecule has 1 aliphatic heterocycles. The SMILES string of the molecule is O=C(CCN=C1NS(=O)(=O)c2ccccc21)Nc1ccc(S(=O)(=O)NCc2ccco2)cc1. The van der Waals surface area contributed by atoms with Crippen LogP contribution in [0, 0.1) is 0 Å². The number of nitrogens with one attached hydrogen (secondary N) is 3. The molecule has 4 rings (SSSR count). The van der Waals surface area contributed by atoms with Crippen molar-refractivity contribution in [2.75, 3.05) is 11.9 Å². The van der Waals surface area contributed by atoms with Crippen LogP contribution in [-0.4, -0.2) is 35.1 Å². The van der Waals surface area contributed by atoms with E-state index in [0.717, 1.165) is 0 Å². The molecule has 33 heavy (non-hydrogen) atoms. The van der Waals surface area contributed by atoms with Crippen molar-refractivity contribution < 1.29 is 26.0 Å². The molecular formula is C21H20N4O6S2. The molecule has 2 aromatic carbocycles. The molecule has 3 aromatic rings. The zero-order valence-electron chi connectivity index (χ0n) is 17.2. The summed E-state index contributed by atoms with van der Waals surface area (Å²) in [5, 5.41) is 2.66. The Bertz CT molecular complexity index is 1400. The van der Waals surface area contributed by atoms with Gasteiger partial charge in [-0.1, -0.05) is 12.1 Å². The highest BCUT2D eigenvalue weighted by atomic mass is 32.2. The predicted octanol–water partition coefficient (Wildman–Crippen LogP) is 1.83. The molecule has 0 saturated carbocycles. The Morgan fingerprint density at radius 2 is 1.79 bits per heavy atom. The fourth-order valence-electron chi connectivity index (χ4n) is 3.12. The van der Waals surface area contributed by atoms with Crippen LogP contribution in [0.4, 0.5) is 5.69 Å². The third-order valence-corrected chi connectivity index (χ3v) is 7.55. The van der Waals surface area contributed by atoms with Gasteiger partial charge >= 0.3 is 0 Å². The van der Waals surface area contributed by atoms with Crippen LogP contribution in [0.15, 0.2) is 86.1 Å². The molecule has 1 aliphatic rings. The van der Waals surface area contributed by atoms with E-state index in [1.165, 1.54) is 36.6 Å². The van der Waals surface area contributed by atoms with Gasteiger partial charge < -0.3 is 9.73 Å². The number of nitrogens with zero attached hydrogens (tertiary/aromatic N) is 1. The molecule has 0 aliphatic carbocycles. The molecule has 0 bridgehead atoms. The predicted molar refractivity (Wildman–Crippen MR) is 121 cm³/mol. The first-order chi connectivity index (χ1) is 15.7. The number of hydrogen-bond donors (Lipinski definition) is 3. The molecule has 0 unspecified atom stereocenters. The van der Waals surface area contributed by atoms with Crippen molar-refractivity contribution in [1.82, 2.24) is 9.44 Å². The number of amides is 1. The van der Waals surface area contributed by atoms with Gasteiger partial charge in [0.25, 0.3) is 10.0 Å². The van der Waals surface area contributed by atoms with E-state index in [9.17, 15) is 21.6 Å². The minimum Gasteiger partial charge on any atom is -0.468 e. The zero-order valence-corrected chi connectivity index (χ0v) is 18.8. The summed E-state index contributed by atoms with van der Waals surface area (Å²) in [6, 6.07) is 15.5. The number of anilines is 1. The summed E-state index contributed by atoms with van der Waals surface area (Å²) in [6.07, 6.45) is 1.47. The van der Waals surface area contributed by atoms with Gasteiger partial charge in [-0.15, -0.1) is 0 Å². The van der Waals surface area contributed by atoms with Crippen molar-refractivity contribution in [2.45, 2.75) is 22.8 Å². The van der Waals surface area contributed by atoms with Crippen molar-refractivity contribution in [3.05, 3.63) is 78.3 Å². The molecule has 2 heterocycles. The average molecular weight is 489 g/mol. The molecule has 10 nitrogen and oxygen atoms in total. The van der Waals surface area contributed by atoms with Crippen LogP contribution >= 0.6 is 0 Å². The molecule has 3 N–H and O–H groups in total. The lowest BCUT2D eigenvalue weighted by molar-refractivity contribution is -0.116. The lowest BCUT2D eigenvalue weighted by Crippen LogP contribution is -2.23. The number of hydrogen-bond acceptors (Lipinski definition) is 7. The summed E-state index contributed by atoms with van der Waals surface area (Å²) >= 11 is 0. The van der Waals surface area contributed by atoms with Crippen molar-refractivity contribution in [3.8, 4) is 0 Å². The molecular weight excluding hydrogens is 468 g/mol. The van der Waals surface area contributed by atoms with E-state index in [1.807, 2.05) is 0 Å². The number of aliphatic imine (C=N–C) groups is 1. The maximum atomic E-state index is 12.4.